The zero-order valence-corrected chi connectivity index (χ0v) is 15.1. The van der Waals surface area contributed by atoms with E-state index in [0.717, 1.165) is 42.8 Å². The van der Waals surface area contributed by atoms with Crippen LogP contribution in [0, 0.1) is 6.92 Å². The molecular weight excluding hydrogens is 316 g/mol. The van der Waals surface area contributed by atoms with Gasteiger partial charge in [0.15, 0.2) is 0 Å². The number of nitrogens with zero attached hydrogens (tertiary/aromatic N) is 2. The highest BCUT2D eigenvalue weighted by Gasteiger charge is 2.10. The Morgan fingerprint density at radius 1 is 1.20 bits per heavy atom. The first kappa shape index (κ1) is 18.7. The molecule has 1 aromatic carbocycles. The number of hydrogen-bond donors (Lipinski definition) is 2. The van der Waals surface area contributed by atoms with Crippen LogP contribution >= 0.6 is 0 Å². The van der Waals surface area contributed by atoms with Gasteiger partial charge in [-0.1, -0.05) is 25.5 Å². The smallest absolute Gasteiger partial charge is 0.270 e. The summed E-state index contributed by atoms with van der Waals surface area (Å²) in [5.74, 6) is 1.14. The second-order valence-electron chi connectivity index (χ2n) is 5.86. The first-order valence-corrected chi connectivity index (χ1v) is 8.63. The Bertz CT molecular complexity index is 704. The van der Waals surface area contributed by atoms with Crippen molar-refractivity contribution in [2.45, 2.75) is 33.1 Å². The first-order chi connectivity index (χ1) is 12.1. The number of anilines is 1. The fraction of sp³-hybridized carbons (Fsp3) is 0.421. The molecule has 25 heavy (non-hydrogen) atoms. The number of hydrogen-bond acceptors (Lipinski definition) is 5. The maximum atomic E-state index is 12.3. The number of methoxy groups -OCH3 is 1. The average molecular weight is 342 g/mol. The lowest BCUT2D eigenvalue weighted by atomic mass is 10.1. The molecule has 0 bridgehead atoms. The highest BCUT2D eigenvalue weighted by Crippen LogP contribution is 2.12. The van der Waals surface area contributed by atoms with Gasteiger partial charge in [0.2, 0.25) is 5.95 Å². The predicted octanol–water partition coefficient (Wildman–Crippen LogP) is 2.98. The zero-order chi connectivity index (χ0) is 18.1. The first-order valence-electron chi connectivity index (χ1n) is 8.63. The van der Waals surface area contributed by atoms with Crippen molar-refractivity contribution in [3.05, 3.63) is 47.3 Å². The monoisotopic (exact) mass is 342 g/mol. The molecule has 0 saturated carbocycles. The fourth-order valence-corrected chi connectivity index (χ4v) is 2.38. The van der Waals surface area contributed by atoms with Crippen LogP contribution in [0.3, 0.4) is 0 Å². The van der Waals surface area contributed by atoms with Crippen LogP contribution < -0.4 is 15.4 Å². The van der Waals surface area contributed by atoms with Crippen LogP contribution in [0.4, 0.5) is 5.95 Å². The number of carbonyl (C=O) groups is 1. The van der Waals surface area contributed by atoms with E-state index in [9.17, 15) is 4.79 Å². The maximum Gasteiger partial charge on any atom is 0.270 e. The number of rotatable bonds is 9. The number of nitrogens with one attached hydrogen (secondary N) is 2. The summed E-state index contributed by atoms with van der Waals surface area (Å²) < 4.78 is 5.21. The van der Waals surface area contributed by atoms with E-state index in [1.165, 1.54) is 0 Å². The molecule has 1 heterocycles. The molecule has 1 amide bonds. The van der Waals surface area contributed by atoms with E-state index in [0.29, 0.717) is 18.2 Å². The summed E-state index contributed by atoms with van der Waals surface area (Å²) in [7, 11) is 1.64. The van der Waals surface area contributed by atoms with Gasteiger partial charge in [-0.3, -0.25) is 4.79 Å². The van der Waals surface area contributed by atoms with Gasteiger partial charge in [-0.25, -0.2) is 9.97 Å². The Labute approximate surface area is 149 Å². The summed E-state index contributed by atoms with van der Waals surface area (Å²) in [4.78, 5) is 21.0. The average Bonchev–Trinajstić information content (AvgIpc) is 2.61. The Hall–Kier alpha value is -2.63. The lowest BCUT2D eigenvalue weighted by Crippen LogP contribution is -2.27. The van der Waals surface area contributed by atoms with E-state index in [-0.39, 0.29) is 5.91 Å². The summed E-state index contributed by atoms with van der Waals surface area (Å²) >= 11 is 0. The third-order valence-electron chi connectivity index (χ3n) is 3.73. The molecule has 2 rings (SSSR count). The van der Waals surface area contributed by atoms with Gasteiger partial charge in [0, 0.05) is 18.8 Å². The molecule has 0 unspecified atom stereocenters. The number of unbranched alkanes of at least 4 members (excludes halogenated alkanes) is 1. The second-order valence-corrected chi connectivity index (χ2v) is 5.86. The number of benzene rings is 1. The lowest BCUT2D eigenvalue weighted by Gasteiger charge is -2.09. The summed E-state index contributed by atoms with van der Waals surface area (Å²) in [5, 5.41) is 6.07. The molecule has 0 aliphatic heterocycles. The summed E-state index contributed by atoms with van der Waals surface area (Å²) in [6.45, 7) is 5.32. The topological polar surface area (TPSA) is 76.1 Å². The SMILES string of the molecule is CCCCNc1nc(C)cc(C(=O)NCCc2cccc(OC)c2)n1. The van der Waals surface area contributed by atoms with E-state index in [1.807, 2.05) is 31.2 Å². The number of amides is 1. The molecule has 0 radical (unpaired) electrons. The Balaban J connectivity index is 1.91. The number of aromatic nitrogens is 2. The molecule has 2 aromatic rings. The van der Waals surface area contributed by atoms with Crippen LogP contribution in [-0.4, -0.2) is 36.1 Å². The summed E-state index contributed by atoms with van der Waals surface area (Å²) in [5.41, 5.74) is 2.27. The van der Waals surface area contributed by atoms with E-state index < -0.39 is 0 Å². The molecule has 1 aromatic heterocycles. The summed E-state index contributed by atoms with van der Waals surface area (Å²) in [6, 6.07) is 9.53. The van der Waals surface area contributed by atoms with E-state index in [4.69, 9.17) is 4.74 Å². The van der Waals surface area contributed by atoms with Crippen molar-refractivity contribution in [2.24, 2.45) is 0 Å². The van der Waals surface area contributed by atoms with Crippen molar-refractivity contribution in [1.82, 2.24) is 15.3 Å². The Kier molecular flexibility index (Phi) is 7.19. The van der Waals surface area contributed by atoms with Crippen LogP contribution in [0.2, 0.25) is 0 Å². The largest absolute Gasteiger partial charge is 0.497 e. The molecule has 6 nitrogen and oxygen atoms in total. The fourth-order valence-electron chi connectivity index (χ4n) is 2.38. The van der Waals surface area contributed by atoms with Gasteiger partial charge >= 0.3 is 0 Å². The van der Waals surface area contributed by atoms with Crippen LogP contribution in [0.5, 0.6) is 5.75 Å². The summed E-state index contributed by atoms with van der Waals surface area (Å²) in [6.07, 6.45) is 2.87. The van der Waals surface area contributed by atoms with Crippen molar-refractivity contribution in [3.8, 4) is 5.75 Å². The standard InChI is InChI=1S/C19H26N4O2/c1-4-5-10-21-19-22-14(2)12-17(23-19)18(24)20-11-9-15-7-6-8-16(13-15)25-3/h6-8,12-13H,4-5,9-11H2,1-3H3,(H,20,24)(H,21,22,23). The van der Waals surface area contributed by atoms with Crippen LogP contribution in [0.1, 0.15) is 41.5 Å². The van der Waals surface area contributed by atoms with Crippen LogP contribution in [0.15, 0.2) is 30.3 Å². The van der Waals surface area contributed by atoms with E-state index in [1.54, 1.807) is 13.2 Å². The quantitative estimate of drug-likeness (QED) is 0.685. The molecule has 0 fully saturated rings. The highest BCUT2D eigenvalue weighted by molar-refractivity contribution is 5.92. The molecule has 0 aliphatic rings. The van der Waals surface area contributed by atoms with Gasteiger partial charge in [0.25, 0.3) is 5.91 Å². The third-order valence-corrected chi connectivity index (χ3v) is 3.73. The normalized spacial score (nSPS) is 10.4. The molecule has 6 heteroatoms. The van der Waals surface area contributed by atoms with Gasteiger partial charge in [0.05, 0.1) is 7.11 Å². The van der Waals surface area contributed by atoms with Crippen molar-refractivity contribution < 1.29 is 9.53 Å². The highest BCUT2D eigenvalue weighted by atomic mass is 16.5. The number of aryl methyl sites for hydroxylation is 1. The molecule has 0 saturated heterocycles. The maximum absolute atomic E-state index is 12.3. The zero-order valence-electron chi connectivity index (χ0n) is 15.1. The van der Waals surface area contributed by atoms with E-state index >= 15 is 0 Å². The minimum Gasteiger partial charge on any atom is -0.497 e. The minimum atomic E-state index is -0.188. The lowest BCUT2D eigenvalue weighted by molar-refractivity contribution is 0.0949. The minimum absolute atomic E-state index is 0.188. The molecule has 0 atom stereocenters. The third kappa shape index (κ3) is 6.06. The molecular formula is C19H26N4O2. The Morgan fingerprint density at radius 3 is 2.80 bits per heavy atom. The van der Waals surface area contributed by atoms with Crippen LogP contribution in [0.25, 0.3) is 0 Å². The second kappa shape index (κ2) is 9.61. The number of ether oxygens (including phenoxy) is 1. The van der Waals surface area contributed by atoms with Crippen LogP contribution in [-0.2, 0) is 6.42 Å². The molecule has 0 aliphatic carbocycles. The molecule has 134 valence electrons. The van der Waals surface area contributed by atoms with Crippen molar-refractivity contribution in [1.29, 1.82) is 0 Å². The molecule has 2 N–H and O–H groups in total. The van der Waals surface area contributed by atoms with E-state index in [2.05, 4.69) is 27.5 Å². The van der Waals surface area contributed by atoms with Crippen molar-refractivity contribution in [2.75, 3.05) is 25.5 Å². The van der Waals surface area contributed by atoms with Crippen molar-refractivity contribution in [3.63, 3.8) is 0 Å². The van der Waals surface area contributed by atoms with Gasteiger partial charge in [-0.15, -0.1) is 0 Å². The predicted molar refractivity (Wildman–Crippen MR) is 99.2 cm³/mol. The molecule has 0 spiro atoms. The van der Waals surface area contributed by atoms with Gasteiger partial charge in [-0.2, -0.15) is 0 Å². The number of carbonyl (C=O) groups excluding carboxylic acids is 1. The van der Waals surface area contributed by atoms with Crippen molar-refractivity contribution >= 4 is 11.9 Å². The van der Waals surface area contributed by atoms with Gasteiger partial charge in [-0.05, 0) is 43.5 Å². The Morgan fingerprint density at radius 2 is 2.04 bits per heavy atom. The van der Waals surface area contributed by atoms with Gasteiger partial charge < -0.3 is 15.4 Å². The van der Waals surface area contributed by atoms with Gasteiger partial charge in [0.1, 0.15) is 11.4 Å².